The van der Waals surface area contributed by atoms with Gasteiger partial charge >= 0.3 is 23.9 Å². The molecule has 47 heavy (non-hydrogen) atoms. The maximum Gasteiger partial charge on any atom is 0.325 e. The van der Waals surface area contributed by atoms with Gasteiger partial charge in [-0.15, -0.1) is 0 Å². The largest absolute Gasteiger partial charge is 0.468 e. The van der Waals surface area contributed by atoms with Crippen LogP contribution in [0.15, 0.2) is 78.9 Å². The molecule has 0 saturated carbocycles. The highest BCUT2D eigenvalue weighted by Gasteiger charge is 2.56. The van der Waals surface area contributed by atoms with Crippen LogP contribution < -0.4 is 0 Å². The van der Waals surface area contributed by atoms with Gasteiger partial charge in [0.1, 0.15) is 17.7 Å². The van der Waals surface area contributed by atoms with Crippen LogP contribution in [0.3, 0.4) is 0 Å². The summed E-state index contributed by atoms with van der Waals surface area (Å²) in [5.74, 6) is -5.37. The summed E-state index contributed by atoms with van der Waals surface area (Å²) >= 11 is 0. The van der Waals surface area contributed by atoms with Crippen LogP contribution in [-0.2, 0) is 38.1 Å². The van der Waals surface area contributed by atoms with Crippen molar-refractivity contribution in [3.8, 4) is 0 Å². The Balaban J connectivity index is 2.03. The van der Waals surface area contributed by atoms with Crippen molar-refractivity contribution in [2.24, 2.45) is 5.92 Å². The fourth-order valence-corrected chi connectivity index (χ4v) is 6.09. The third-order valence-corrected chi connectivity index (χ3v) is 8.08. The number of esters is 4. The first-order valence-corrected chi connectivity index (χ1v) is 15.2. The smallest absolute Gasteiger partial charge is 0.325 e. The van der Waals surface area contributed by atoms with Crippen LogP contribution in [-0.4, -0.2) is 73.7 Å². The van der Waals surface area contributed by atoms with Gasteiger partial charge in [0.2, 0.25) is 0 Å². The Kier molecular flexibility index (Phi) is 12.2. The first-order chi connectivity index (χ1) is 22.6. The molecule has 10 nitrogen and oxygen atoms in total. The molecule has 4 atom stereocenters. The van der Waals surface area contributed by atoms with Gasteiger partial charge in [0, 0.05) is 6.04 Å². The number of rotatable bonds is 13. The van der Waals surface area contributed by atoms with Gasteiger partial charge in [0.25, 0.3) is 0 Å². The van der Waals surface area contributed by atoms with Crippen LogP contribution in [0, 0.1) is 17.6 Å². The normalized spacial score (nSPS) is 18.8. The van der Waals surface area contributed by atoms with Crippen molar-refractivity contribution in [2.45, 2.75) is 44.6 Å². The average Bonchev–Trinajstić information content (AvgIpc) is 3.39. The van der Waals surface area contributed by atoms with Crippen molar-refractivity contribution in [2.75, 3.05) is 34.0 Å². The van der Waals surface area contributed by atoms with Gasteiger partial charge in [0.05, 0.1) is 46.2 Å². The second kappa shape index (κ2) is 16.2. The van der Waals surface area contributed by atoms with E-state index in [1.54, 1.807) is 54.0 Å². The van der Waals surface area contributed by atoms with Crippen molar-refractivity contribution in [3.63, 3.8) is 0 Å². The minimum atomic E-state index is -1.40. The molecule has 250 valence electrons. The van der Waals surface area contributed by atoms with Crippen molar-refractivity contribution < 1.29 is 46.9 Å². The molecular weight excluding hydrogens is 614 g/mol. The predicted octanol–water partition coefficient (Wildman–Crippen LogP) is 4.91. The van der Waals surface area contributed by atoms with E-state index in [-0.39, 0.29) is 26.2 Å². The summed E-state index contributed by atoms with van der Waals surface area (Å²) in [7, 11) is 2.44. The van der Waals surface area contributed by atoms with Crippen molar-refractivity contribution in [1.29, 1.82) is 0 Å². The zero-order valence-electron chi connectivity index (χ0n) is 26.6. The van der Waals surface area contributed by atoms with Crippen molar-refractivity contribution in [3.05, 3.63) is 107 Å². The van der Waals surface area contributed by atoms with Crippen molar-refractivity contribution in [1.82, 2.24) is 9.80 Å². The summed E-state index contributed by atoms with van der Waals surface area (Å²) in [6.07, 6.45) is -1.15. The van der Waals surface area contributed by atoms with E-state index in [2.05, 4.69) is 0 Å². The lowest BCUT2D eigenvalue weighted by molar-refractivity contribution is -0.163. The van der Waals surface area contributed by atoms with E-state index in [1.165, 1.54) is 62.8 Å². The molecule has 12 heteroatoms. The molecule has 0 amide bonds. The fourth-order valence-electron chi connectivity index (χ4n) is 6.09. The molecular formula is C35H38F2N2O8. The maximum atomic E-state index is 14.3. The zero-order valence-corrected chi connectivity index (χ0v) is 26.6. The standard InChI is InChI=1S/C35H38F2N2O8/c1-5-46-33(41)27(34(42)47-6-2)20-28(22-10-8-7-9-11-22)39-31(35(43)45-4)30(23-12-16-25(36)17-13-23)38(21-29(40)44-3)32(39)24-14-18-26(37)19-15-24/h7-19,27-28,30-32H,5-6,20-21H2,1-4H3. The van der Waals surface area contributed by atoms with Gasteiger partial charge in [0.15, 0.2) is 5.92 Å². The molecule has 3 aromatic rings. The Labute approximate surface area is 272 Å². The molecule has 3 aromatic carbocycles. The molecule has 0 bridgehead atoms. The number of halogens is 2. The quantitative estimate of drug-likeness (QED) is 0.144. The summed E-state index contributed by atoms with van der Waals surface area (Å²) < 4.78 is 49.4. The summed E-state index contributed by atoms with van der Waals surface area (Å²) in [6, 6.07) is 16.9. The van der Waals surface area contributed by atoms with E-state index >= 15 is 0 Å². The molecule has 1 aliphatic heterocycles. The Morgan fingerprint density at radius 3 is 1.77 bits per heavy atom. The minimum Gasteiger partial charge on any atom is -0.468 e. The monoisotopic (exact) mass is 652 g/mol. The SMILES string of the molecule is CCOC(=O)C(CC(c1ccccc1)N1C(C(=O)OC)C(c2ccc(F)cc2)N(CC(=O)OC)C1c1ccc(F)cc1)C(=O)OCC. The lowest BCUT2D eigenvalue weighted by Crippen LogP contribution is -2.44. The molecule has 1 aliphatic rings. The number of benzene rings is 3. The van der Waals surface area contributed by atoms with Gasteiger partial charge < -0.3 is 18.9 Å². The van der Waals surface area contributed by atoms with Crippen LogP contribution in [0.1, 0.15) is 55.2 Å². The molecule has 0 spiro atoms. The molecule has 1 fully saturated rings. The summed E-state index contributed by atoms with van der Waals surface area (Å²) in [6.45, 7) is 2.91. The van der Waals surface area contributed by atoms with Gasteiger partial charge in [-0.1, -0.05) is 54.6 Å². The highest BCUT2D eigenvalue weighted by molar-refractivity contribution is 5.95. The second-order valence-corrected chi connectivity index (χ2v) is 10.8. The number of hydrogen-bond donors (Lipinski definition) is 0. The van der Waals surface area contributed by atoms with Crippen LogP contribution in [0.4, 0.5) is 8.78 Å². The van der Waals surface area contributed by atoms with Crippen LogP contribution in [0.5, 0.6) is 0 Å². The lowest BCUT2D eigenvalue weighted by Gasteiger charge is -2.38. The number of ether oxygens (including phenoxy) is 4. The van der Waals surface area contributed by atoms with Crippen molar-refractivity contribution >= 4 is 23.9 Å². The van der Waals surface area contributed by atoms with E-state index in [1.807, 2.05) is 0 Å². The van der Waals surface area contributed by atoms with Gasteiger partial charge in [-0.3, -0.25) is 29.0 Å². The first kappa shape index (κ1) is 35.2. The summed E-state index contributed by atoms with van der Waals surface area (Å²) in [4.78, 5) is 57.0. The average molecular weight is 653 g/mol. The third kappa shape index (κ3) is 8.01. The number of hydrogen-bond acceptors (Lipinski definition) is 10. The Hall–Kier alpha value is -4.68. The molecule has 4 rings (SSSR count). The molecule has 1 heterocycles. The first-order valence-electron chi connectivity index (χ1n) is 15.2. The van der Waals surface area contributed by atoms with Crippen LogP contribution >= 0.6 is 0 Å². The molecule has 0 radical (unpaired) electrons. The highest BCUT2D eigenvalue weighted by atomic mass is 19.1. The van der Waals surface area contributed by atoms with E-state index in [9.17, 15) is 28.0 Å². The maximum absolute atomic E-state index is 14.3. The second-order valence-electron chi connectivity index (χ2n) is 10.8. The number of carbonyl (C=O) groups excluding carboxylic acids is 4. The third-order valence-electron chi connectivity index (χ3n) is 8.08. The number of nitrogens with zero attached hydrogens (tertiary/aromatic N) is 2. The Bertz CT molecular complexity index is 1500. The molecule has 0 N–H and O–H groups in total. The molecule has 1 saturated heterocycles. The lowest BCUT2D eigenvalue weighted by atomic mass is 9.90. The minimum absolute atomic E-state index is 0.0109. The fraction of sp³-hybridized carbons (Fsp3) is 0.371. The van der Waals surface area contributed by atoms with Gasteiger partial charge in [-0.05, 0) is 61.2 Å². The predicted molar refractivity (Wildman–Crippen MR) is 165 cm³/mol. The van der Waals surface area contributed by atoms with Gasteiger partial charge in [-0.25, -0.2) is 8.78 Å². The Morgan fingerprint density at radius 2 is 1.28 bits per heavy atom. The van der Waals surface area contributed by atoms with Gasteiger partial charge in [-0.2, -0.15) is 0 Å². The summed E-state index contributed by atoms with van der Waals surface area (Å²) in [5, 5.41) is 0. The van der Waals surface area contributed by atoms with E-state index in [0.717, 1.165) is 0 Å². The van der Waals surface area contributed by atoms with Crippen LogP contribution in [0.2, 0.25) is 0 Å². The molecule has 0 aromatic heterocycles. The topological polar surface area (TPSA) is 112 Å². The molecule has 0 aliphatic carbocycles. The summed E-state index contributed by atoms with van der Waals surface area (Å²) in [5.41, 5.74) is 1.57. The van der Waals surface area contributed by atoms with E-state index < -0.39 is 65.7 Å². The zero-order chi connectivity index (χ0) is 34.1. The Morgan fingerprint density at radius 1 is 0.745 bits per heavy atom. The number of methoxy groups -OCH3 is 2. The molecule has 4 unspecified atom stereocenters. The highest BCUT2D eigenvalue weighted by Crippen LogP contribution is 2.51. The van der Waals surface area contributed by atoms with E-state index in [0.29, 0.717) is 16.7 Å². The number of carbonyl (C=O) groups is 4. The van der Waals surface area contributed by atoms with E-state index in [4.69, 9.17) is 18.9 Å². The van der Waals surface area contributed by atoms with Crippen LogP contribution in [0.25, 0.3) is 0 Å².